The Morgan fingerprint density at radius 3 is 2.85 bits per heavy atom. The van der Waals surface area contributed by atoms with Gasteiger partial charge in [0, 0.05) is 32.0 Å². The topological polar surface area (TPSA) is 46.0 Å². The van der Waals surface area contributed by atoms with Crippen LogP contribution in [0.2, 0.25) is 0 Å². The van der Waals surface area contributed by atoms with E-state index in [9.17, 15) is 0 Å². The lowest BCUT2D eigenvalue weighted by Gasteiger charge is -2.21. The van der Waals surface area contributed by atoms with Gasteiger partial charge in [-0.05, 0) is 25.1 Å². The van der Waals surface area contributed by atoms with E-state index >= 15 is 0 Å². The van der Waals surface area contributed by atoms with E-state index in [0.717, 1.165) is 31.9 Å². The van der Waals surface area contributed by atoms with Crippen molar-refractivity contribution in [1.29, 1.82) is 0 Å². The molecular weight excluding hydrogens is 250 g/mol. The Balaban J connectivity index is 1.88. The molecule has 1 aromatic heterocycles. The molecule has 5 nitrogen and oxygen atoms in total. The molecule has 2 aromatic rings. The van der Waals surface area contributed by atoms with Gasteiger partial charge in [0.2, 0.25) is 0 Å². The molecule has 1 heterocycles. The summed E-state index contributed by atoms with van der Waals surface area (Å²) in [5.74, 6) is 0. The quantitative estimate of drug-likeness (QED) is 0.836. The lowest BCUT2D eigenvalue weighted by Crippen LogP contribution is -2.23. The van der Waals surface area contributed by atoms with Gasteiger partial charge >= 0.3 is 0 Å². The van der Waals surface area contributed by atoms with Gasteiger partial charge in [0.15, 0.2) is 0 Å². The third-order valence-electron chi connectivity index (χ3n) is 3.33. The van der Waals surface area contributed by atoms with Gasteiger partial charge in [0.25, 0.3) is 0 Å². The summed E-state index contributed by atoms with van der Waals surface area (Å²) in [5.41, 5.74) is 3.55. The standard InChI is InChI=1S/C15H23N5/c1-4-16-11-14-12-20(18-17-14)10-9-19(3)15-8-6-5-7-13(15)2/h5-8,12,16H,4,9-11H2,1-3H3. The van der Waals surface area contributed by atoms with E-state index in [1.165, 1.54) is 11.3 Å². The van der Waals surface area contributed by atoms with Crippen LogP contribution in [-0.2, 0) is 13.1 Å². The van der Waals surface area contributed by atoms with E-state index < -0.39 is 0 Å². The fourth-order valence-corrected chi connectivity index (χ4v) is 2.15. The maximum absolute atomic E-state index is 4.16. The molecule has 0 spiro atoms. The Kier molecular flexibility index (Phi) is 5.12. The Morgan fingerprint density at radius 1 is 1.30 bits per heavy atom. The Bertz CT molecular complexity index is 535. The Hall–Kier alpha value is -1.88. The summed E-state index contributed by atoms with van der Waals surface area (Å²) < 4.78 is 1.90. The van der Waals surface area contributed by atoms with Crippen molar-refractivity contribution >= 4 is 5.69 Å². The maximum Gasteiger partial charge on any atom is 0.0964 e. The summed E-state index contributed by atoms with van der Waals surface area (Å²) in [6.07, 6.45) is 2.01. The van der Waals surface area contributed by atoms with Crippen molar-refractivity contribution in [3.8, 4) is 0 Å². The smallest absolute Gasteiger partial charge is 0.0964 e. The summed E-state index contributed by atoms with van der Waals surface area (Å²) in [6.45, 7) is 7.70. The summed E-state index contributed by atoms with van der Waals surface area (Å²) in [7, 11) is 2.11. The normalized spacial score (nSPS) is 10.8. The number of aryl methyl sites for hydroxylation is 1. The molecular formula is C15H23N5. The molecule has 0 saturated heterocycles. The number of nitrogens with one attached hydrogen (secondary N) is 1. The molecule has 0 bridgehead atoms. The number of rotatable bonds is 7. The lowest BCUT2D eigenvalue weighted by atomic mass is 10.2. The second-order valence-electron chi connectivity index (χ2n) is 4.96. The highest BCUT2D eigenvalue weighted by Gasteiger charge is 2.05. The van der Waals surface area contributed by atoms with Crippen LogP contribution in [0.25, 0.3) is 0 Å². The fraction of sp³-hybridized carbons (Fsp3) is 0.467. The molecule has 5 heteroatoms. The van der Waals surface area contributed by atoms with Crippen LogP contribution >= 0.6 is 0 Å². The van der Waals surface area contributed by atoms with Crippen molar-refractivity contribution in [1.82, 2.24) is 20.3 Å². The van der Waals surface area contributed by atoms with E-state index in [4.69, 9.17) is 0 Å². The van der Waals surface area contributed by atoms with E-state index in [1.54, 1.807) is 0 Å². The molecule has 0 radical (unpaired) electrons. The average Bonchev–Trinajstić information content (AvgIpc) is 2.91. The molecule has 0 aliphatic heterocycles. The van der Waals surface area contributed by atoms with Crippen LogP contribution in [0, 0.1) is 6.92 Å². The van der Waals surface area contributed by atoms with E-state index in [0.29, 0.717) is 0 Å². The molecule has 0 aliphatic rings. The summed E-state index contributed by atoms with van der Waals surface area (Å²) in [6, 6.07) is 8.42. The van der Waals surface area contributed by atoms with Gasteiger partial charge < -0.3 is 10.2 Å². The number of likely N-dealkylation sites (N-methyl/N-ethyl adjacent to an activating group) is 1. The van der Waals surface area contributed by atoms with Gasteiger partial charge in [-0.1, -0.05) is 30.3 Å². The van der Waals surface area contributed by atoms with Crippen LogP contribution in [0.15, 0.2) is 30.5 Å². The first-order chi connectivity index (χ1) is 9.70. The molecule has 0 unspecified atom stereocenters. The zero-order chi connectivity index (χ0) is 14.4. The van der Waals surface area contributed by atoms with Crippen LogP contribution in [0.5, 0.6) is 0 Å². The molecule has 1 aromatic carbocycles. The molecule has 20 heavy (non-hydrogen) atoms. The minimum atomic E-state index is 0.782. The van der Waals surface area contributed by atoms with Crippen molar-refractivity contribution in [3.05, 3.63) is 41.7 Å². The zero-order valence-electron chi connectivity index (χ0n) is 12.5. The average molecular weight is 273 g/mol. The van der Waals surface area contributed by atoms with Gasteiger partial charge in [0.05, 0.1) is 12.2 Å². The van der Waals surface area contributed by atoms with Crippen LogP contribution in [0.4, 0.5) is 5.69 Å². The summed E-state index contributed by atoms with van der Waals surface area (Å²) in [5, 5.41) is 11.6. The molecule has 108 valence electrons. The van der Waals surface area contributed by atoms with E-state index in [-0.39, 0.29) is 0 Å². The first kappa shape index (κ1) is 14.5. The van der Waals surface area contributed by atoms with Gasteiger partial charge in [-0.25, -0.2) is 0 Å². The van der Waals surface area contributed by atoms with E-state index in [1.807, 2.05) is 10.9 Å². The fourth-order valence-electron chi connectivity index (χ4n) is 2.15. The van der Waals surface area contributed by atoms with Crippen molar-refractivity contribution in [3.63, 3.8) is 0 Å². The second-order valence-corrected chi connectivity index (χ2v) is 4.96. The molecule has 0 amide bonds. The third kappa shape index (κ3) is 3.81. The maximum atomic E-state index is 4.16. The van der Waals surface area contributed by atoms with Crippen LogP contribution in [-0.4, -0.2) is 35.1 Å². The van der Waals surface area contributed by atoms with E-state index in [2.05, 4.69) is 65.7 Å². The molecule has 2 rings (SSSR count). The number of hydrogen-bond donors (Lipinski definition) is 1. The number of aromatic nitrogens is 3. The Morgan fingerprint density at radius 2 is 2.10 bits per heavy atom. The predicted molar refractivity (Wildman–Crippen MR) is 81.9 cm³/mol. The molecule has 0 fully saturated rings. The Labute approximate surface area is 120 Å². The number of nitrogens with zero attached hydrogens (tertiary/aromatic N) is 4. The van der Waals surface area contributed by atoms with Crippen LogP contribution in [0.3, 0.4) is 0 Å². The first-order valence-electron chi connectivity index (χ1n) is 7.07. The van der Waals surface area contributed by atoms with Crippen molar-refractivity contribution in [2.24, 2.45) is 0 Å². The molecule has 0 atom stereocenters. The van der Waals surface area contributed by atoms with Crippen molar-refractivity contribution in [2.45, 2.75) is 26.9 Å². The summed E-state index contributed by atoms with van der Waals surface area (Å²) >= 11 is 0. The predicted octanol–water partition coefficient (Wildman–Crippen LogP) is 1.83. The van der Waals surface area contributed by atoms with Crippen molar-refractivity contribution in [2.75, 3.05) is 25.0 Å². The first-order valence-corrected chi connectivity index (χ1v) is 7.07. The highest BCUT2D eigenvalue weighted by molar-refractivity contribution is 5.52. The SMILES string of the molecule is CCNCc1cn(CCN(C)c2ccccc2C)nn1. The lowest BCUT2D eigenvalue weighted by molar-refractivity contribution is 0.587. The van der Waals surface area contributed by atoms with Crippen LogP contribution < -0.4 is 10.2 Å². The second kappa shape index (κ2) is 7.05. The highest BCUT2D eigenvalue weighted by atomic mass is 15.4. The van der Waals surface area contributed by atoms with Gasteiger partial charge in [-0.15, -0.1) is 5.10 Å². The third-order valence-corrected chi connectivity index (χ3v) is 3.33. The number of para-hydroxylation sites is 1. The monoisotopic (exact) mass is 273 g/mol. The number of anilines is 1. The largest absolute Gasteiger partial charge is 0.373 e. The number of benzene rings is 1. The minimum absolute atomic E-state index is 0.782. The highest BCUT2D eigenvalue weighted by Crippen LogP contribution is 2.17. The van der Waals surface area contributed by atoms with Gasteiger partial charge in [0.1, 0.15) is 0 Å². The van der Waals surface area contributed by atoms with Gasteiger partial charge in [-0.3, -0.25) is 4.68 Å². The van der Waals surface area contributed by atoms with Gasteiger partial charge in [-0.2, -0.15) is 0 Å². The van der Waals surface area contributed by atoms with Crippen LogP contribution in [0.1, 0.15) is 18.2 Å². The zero-order valence-corrected chi connectivity index (χ0v) is 12.5. The summed E-state index contributed by atoms with van der Waals surface area (Å²) in [4.78, 5) is 2.25. The molecule has 1 N–H and O–H groups in total. The molecule has 0 aliphatic carbocycles. The minimum Gasteiger partial charge on any atom is -0.373 e. The number of hydrogen-bond acceptors (Lipinski definition) is 4. The molecule has 0 saturated carbocycles. The van der Waals surface area contributed by atoms with Crippen molar-refractivity contribution < 1.29 is 0 Å².